The van der Waals surface area contributed by atoms with Crippen LogP contribution in [0.1, 0.15) is 38.2 Å². The standard InChI is InChI=1S/C18H18N2O2/c21-18(13-3-4-15-10-22-11-17(15)6-13)20-7-12-1-2-14-8-19-9-16(14)5-12/h1-6,19H,7-11H2,(H,20,21). The van der Waals surface area contributed by atoms with Crippen LogP contribution in [-0.4, -0.2) is 5.91 Å². The molecule has 0 unspecified atom stereocenters. The van der Waals surface area contributed by atoms with E-state index in [4.69, 9.17) is 4.74 Å². The predicted molar refractivity (Wildman–Crippen MR) is 83.1 cm³/mol. The molecule has 2 aromatic carbocycles. The molecule has 2 N–H and O–H groups in total. The molecule has 1 amide bonds. The van der Waals surface area contributed by atoms with E-state index in [9.17, 15) is 4.79 Å². The van der Waals surface area contributed by atoms with Gasteiger partial charge in [-0.2, -0.15) is 0 Å². The predicted octanol–water partition coefficient (Wildman–Crippen LogP) is 2.25. The van der Waals surface area contributed by atoms with Crippen molar-refractivity contribution in [2.75, 3.05) is 0 Å². The first-order valence-corrected chi connectivity index (χ1v) is 7.59. The van der Waals surface area contributed by atoms with E-state index in [0.29, 0.717) is 25.3 Å². The third-order valence-electron chi connectivity index (χ3n) is 4.34. The van der Waals surface area contributed by atoms with Crippen molar-refractivity contribution in [2.45, 2.75) is 32.8 Å². The highest BCUT2D eigenvalue weighted by Crippen LogP contribution is 2.21. The Bertz CT molecular complexity index is 740. The molecular formula is C18H18N2O2. The number of hydrogen-bond acceptors (Lipinski definition) is 3. The molecule has 2 aliphatic heterocycles. The van der Waals surface area contributed by atoms with Crippen molar-refractivity contribution in [1.29, 1.82) is 0 Å². The summed E-state index contributed by atoms with van der Waals surface area (Å²) in [6.07, 6.45) is 0. The number of carbonyl (C=O) groups is 1. The molecule has 0 radical (unpaired) electrons. The summed E-state index contributed by atoms with van der Waals surface area (Å²) in [6, 6.07) is 12.2. The molecular weight excluding hydrogens is 276 g/mol. The quantitative estimate of drug-likeness (QED) is 0.913. The van der Waals surface area contributed by atoms with Gasteiger partial charge in [0.25, 0.3) is 5.91 Å². The number of carbonyl (C=O) groups excluding carboxylic acids is 1. The van der Waals surface area contributed by atoms with Crippen LogP contribution in [0.5, 0.6) is 0 Å². The summed E-state index contributed by atoms with van der Waals surface area (Å²) < 4.78 is 5.38. The fraction of sp³-hybridized carbons (Fsp3) is 0.278. The maximum atomic E-state index is 12.3. The monoisotopic (exact) mass is 294 g/mol. The number of hydrogen-bond donors (Lipinski definition) is 2. The summed E-state index contributed by atoms with van der Waals surface area (Å²) in [5, 5.41) is 6.33. The van der Waals surface area contributed by atoms with Crippen LogP contribution in [0.25, 0.3) is 0 Å². The van der Waals surface area contributed by atoms with E-state index < -0.39 is 0 Å². The van der Waals surface area contributed by atoms with Crippen LogP contribution >= 0.6 is 0 Å². The molecule has 22 heavy (non-hydrogen) atoms. The molecule has 0 atom stereocenters. The van der Waals surface area contributed by atoms with E-state index >= 15 is 0 Å². The van der Waals surface area contributed by atoms with Crippen LogP contribution in [0.15, 0.2) is 36.4 Å². The molecule has 0 saturated heterocycles. The topological polar surface area (TPSA) is 50.4 Å². The van der Waals surface area contributed by atoms with Gasteiger partial charge in [-0.05, 0) is 39.9 Å². The fourth-order valence-electron chi connectivity index (χ4n) is 3.06. The number of benzene rings is 2. The van der Waals surface area contributed by atoms with Crippen molar-refractivity contribution in [2.24, 2.45) is 0 Å². The second kappa shape index (κ2) is 5.55. The maximum Gasteiger partial charge on any atom is 0.251 e. The average molecular weight is 294 g/mol. The summed E-state index contributed by atoms with van der Waals surface area (Å²) in [5.41, 5.74) is 6.83. The maximum absolute atomic E-state index is 12.3. The zero-order valence-electron chi connectivity index (χ0n) is 12.3. The first-order valence-electron chi connectivity index (χ1n) is 7.59. The van der Waals surface area contributed by atoms with Crippen LogP contribution in [-0.2, 0) is 37.6 Å². The third-order valence-corrected chi connectivity index (χ3v) is 4.34. The largest absolute Gasteiger partial charge is 0.372 e. The second-order valence-corrected chi connectivity index (χ2v) is 5.87. The van der Waals surface area contributed by atoms with Gasteiger partial charge in [0.15, 0.2) is 0 Å². The Balaban J connectivity index is 1.44. The van der Waals surface area contributed by atoms with E-state index in [-0.39, 0.29) is 5.91 Å². The van der Waals surface area contributed by atoms with E-state index in [1.165, 1.54) is 16.7 Å². The van der Waals surface area contributed by atoms with Crippen LogP contribution < -0.4 is 10.6 Å². The normalized spacial score (nSPS) is 15.5. The van der Waals surface area contributed by atoms with Gasteiger partial charge < -0.3 is 15.4 Å². The smallest absolute Gasteiger partial charge is 0.251 e. The number of ether oxygens (including phenoxy) is 1. The first kappa shape index (κ1) is 13.5. The molecule has 112 valence electrons. The minimum Gasteiger partial charge on any atom is -0.372 e. The highest BCUT2D eigenvalue weighted by Gasteiger charge is 2.15. The fourth-order valence-corrected chi connectivity index (χ4v) is 3.06. The summed E-state index contributed by atoms with van der Waals surface area (Å²) in [7, 11) is 0. The molecule has 4 heteroatoms. The number of nitrogens with one attached hydrogen (secondary N) is 2. The van der Waals surface area contributed by atoms with Crippen molar-refractivity contribution in [3.05, 3.63) is 69.8 Å². The molecule has 0 fully saturated rings. The molecule has 0 bridgehead atoms. The minimum absolute atomic E-state index is 0.0340. The molecule has 2 heterocycles. The van der Waals surface area contributed by atoms with E-state index in [1.54, 1.807) is 0 Å². The van der Waals surface area contributed by atoms with Gasteiger partial charge in [-0.25, -0.2) is 0 Å². The Hall–Kier alpha value is -2.17. The lowest BCUT2D eigenvalue weighted by atomic mass is 10.1. The lowest BCUT2D eigenvalue weighted by Crippen LogP contribution is -2.23. The molecule has 2 aliphatic rings. The second-order valence-electron chi connectivity index (χ2n) is 5.87. The van der Waals surface area contributed by atoms with Crippen molar-refractivity contribution in [3.63, 3.8) is 0 Å². The van der Waals surface area contributed by atoms with Crippen LogP contribution in [0.4, 0.5) is 0 Å². The van der Waals surface area contributed by atoms with Crippen LogP contribution in [0.2, 0.25) is 0 Å². The Morgan fingerprint density at radius 2 is 1.82 bits per heavy atom. The minimum atomic E-state index is -0.0340. The van der Waals surface area contributed by atoms with Gasteiger partial charge in [0.2, 0.25) is 0 Å². The molecule has 4 rings (SSSR count). The van der Waals surface area contributed by atoms with Crippen LogP contribution in [0, 0.1) is 0 Å². The zero-order chi connectivity index (χ0) is 14.9. The van der Waals surface area contributed by atoms with Gasteiger partial charge in [0.1, 0.15) is 0 Å². The summed E-state index contributed by atoms with van der Waals surface area (Å²) in [5.74, 6) is -0.0340. The SMILES string of the molecule is O=C(NCc1ccc2c(c1)CNC2)c1ccc2c(c1)COC2. The van der Waals surface area contributed by atoms with Crippen molar-refractivity contribution < 1.29 is 9.53 Å². The van der Waals surface area contributed by atoms with Gasteiger partial charge in [-0.15, -0.1) is 0 Å². The Kier molecular flexibility index (Phi) is 3.41. The van der Waals surface area contributed by atoms with E-state index in [2.05, 4.69) is 28.8 Å². The van der Waals surface area contributed by atoms with Gasteiger partial charge in [0, 0.05) is 25.2 Å². The van der Waals surface area contributed by atoms with Crippen molar-refractivity contribution in [3.8, 4) is 0 Å². The average Bonchev–Trinajstić information content (AvgIpc) is 3.19. The van der Waals surface area contributed by atoms with Crippen LogP contribution in [0.3, 0.4) is 0 Å². The van der Waals surface area contributed by atoms with E-state index in [0.717, 1.165) is 24.2 Å². The molecule has 0 aliphatic carbocycles. The highest BCUT2D eigenvalue weighted by molar-refractivity contribution is 5.94. The van der Waals surface area contributed by atoms with E-state index in [1.807, 2.05) is 18.2 Å². The molecule has 0 saturated carbocycles. The lowest BCUT2D eigenvalue weighted by Gasteiger charge is -2.08. The number of fused-ring (bicyclic) bond motifs is 2. The number of rotatable bonds is 3. The highest BCUT2D eigenvalue weighted by atomic mass is 16.5. The first-order chi connectivity index (χ1) is 10.8. The third kappa shape index (κ3) is 2.51. The van der Waals surface area contributed by atoms with Gasteiger partial charge >= 0.3 is 0 Å². The van der Waals surface area contributed by atoms with Gasteiger partial charge in [-0.1, -0.05) is 24.3 Å². The lowest BCUT2D eigenvalue weighted by molar-refractivity contribution is 0.0950. The summed E-state index contributed by atoms with van der Waals surface area (Å²) in [6.45, 7) is 3.68. The Labute approximate surface area is 129 Å². The van der Waals surface area contributed by atoms with Crippen molar-refractivity contribution >= 4 is 5.91 Å². The summed E-state index contributed by atoms with van der Waals surface area (Å²) >= 11 is 0. The van der Waals surface area contributed by atoms with Gasteiger partial charge in [0.05, 0.1) is 13.2 Å². The Morgan fingerprint density at radius 1 is 1.00 bits per heavy atom. The number of amides is 1. The molecule has 2 aromatic rings. The zero-order valence-corrected chi connectivity index (χ0v) is 12.3. The van der Waals surface area contributed by atoms with Gasteiger partial charge in [-0.3, -0.25) is 4.79 Å². The molecule has 0 aromatic heterocycles. The molecule has 4 nitrogen and oxygen atoms in total. The molecule has 0 spiro atoms. The van der Waals surface area contributed by atoms with Crippen molar-refractivity contribution in [1.82, 2.24) is 10.6 Å². The Morgan fingerprint density at radius 3 is 2.77 bits per heavy atom. The summed E-state index contributed by atoms with van der Waals surface area (Å²) in [4.78, 5) is 12.3.